The van der Waals surface area contributed by atoms with Gasteiger partial charge in [-0.1, -0.05) is 140 Å². The minimum atomic E-state index is 0.0172. The molecule has 0 amide bonds. The minimum absolute atomic E-state index is 0.0172. The van der Waals surface area contributed by atoms with Crippen molar-refractivity contribution in [3.63, 3.8) is 0 Å². The molecule has 0 N–H and O–H groups in total. The van der Waals surface area contributed by atoms with E-state index in [1.54, 1.807) is 0 Å². The van der Waals surface area contributed by atoms with Gasteiger partial charge in [-0.3, -0.25) is 4.79 Å². The van der Waals surface area contributed by atoms with Crippen molar-refractivity contribution in [2.45, 2.75) is 200 Å². The average molecular weight is 657 g/mol. The summed E-state index contributed by atoms with van der Waals surface area (Å²) in [5, 5.41) is 0. The van der Waals surface area contributed by atoms with Crippen molar-refractivity contribution < 1.29 is 14.0 Å². The van der Waals surface area contributed by atoms with Crippen LogP contribution in [0.15, 0.2) is 48.6 Å². The van der Waals surface area contributed by atoms with E-state index in [0.29, 0.717) is 6.42 Å². The minimum Gasteiger partial charge on any atom is -0.462 e. The average Bonchev–Trinajstić information content (AvgIpc) is 3.03. The Morgan fingerprint density at radius 2 is 0.851 bits per heavy atom. The van der Waals surface area contributed by atoms with Gasteiger partial charge in [0.25, 0.3) is 0 Å². The van der Waals surface area contributed by atoms with E-state index in [9.17, 15) is 4.79 Å². The van der Waals surface area contributed by atoms with E-state index in [2.05, 4.69) is 83.6 Å². The Kier molecular flexibility index (Phi) is 34.5. The molecule has 3 heteroatoms. The molecule has 0 bridgehead atoms. The molecule has 274 valence electrons. The maximum absolute atomic E-state index is 12.6. The first-order chi connectivity index (χ1) is 22.9. The predicted octanol–water partition coefficient (Wildman–Crippen LogP) is 13.8. The zero-order valence-corrected chi connectivity index (χ0v) is 32.5. The van der Waals surface area contributed by atoms with Gasteiger partial charge in [-0.05, 0) is 89.9 Å². The Morgan fingerprint density at radius 3 is 1.23 bits per heavy atom. The molecule has 0 saturated carbocycles. The Bertz CT molecular complexity index is 724. The van der Waals surface area contributed by atoms with E-state index in [1.807, 2.05) is 0 Å². The number of carbonyl (C=O) groups excluding carboxylic acids is 1. The van der Waals surface area contributed by atoms with Gasteiger partial charge < -0.3 is 9.22 Å². The summed E-state index contributed by atoms with van der Waals surface area (Å²) in [7, 11) is 6.56. The van der Waals surface area contributed by atoms with Gasteiger partial charge in [-0.15, -0.1) is 0 Å². The van der Waals surface area contributed by atoms with Gasteiger partial charge in [0.2, 0.25) is 0 Å². The van der Waals surface area contributed by atoms with Crippen molar-refractivity contribution in [2.75, 3.05) is 27.7 Å². The van der Waals surface area contributed by atoms with Crippen molar-refractivity contribution >= 4 is 5.97 Å². The summed E-state index contributed by atoms with van der Waals surface area (Å²) in [6.07, 6.45) is 52.8. The molecule has 0 rings (SSSR count). The van der Waals surface area contributed by atoms with Crippen LogP contribution in [0.5, 0.6) is 0 Å². The van der Waals surface area contributed by atoms with Crippen LogP contribution in [0.3, 0.4) is 0 Å². The molecule has 0 saturated heterocycles. The topological polar surface area (TPSA) is 26.3 Å². The molecule has 0 spiro atoms. The third-order valence-electron chi connectivity index (χ3n) is 8.96. The second-order valence-electron chi connectivity index (χ2n) is 15.0. The SMILES string of the molecule is CCCCC/C=C/C/C=C/CCCCCCCCC(CCCCCCCC/C=C/C/C=C/CCCCC)OC(=O)CCC[N+](C)(C)C. The highest BCUT2D eigenvalue weighted by molar-refractivity contribution is 5.69. The Morgan fingerprint density at radius 1 is 0.489 bits per heavy atom. The van der Waals surface area contributed by atoms with Gasteiger partial charge in [0.15, 0.2) is 0 Å². The van der Waals surface area contributed by atoms with Crippen LogP contribution in [-0.4, -0.2) is 44.2 Å². The first kappa shape index (κ1) is 45.4. The number of carbonyl (C=O) groups is 1. The fraction of sp³-hybridized carbons (Fsp3) is 0.795. The lowest BCUT2D eigenvalue weighted by Crippen LogP contribution is -2.35. The molecule has 0 aliphatic rings. The van der Waals surface area contributed by atoms with E-state index in [0.717, 1.165) is 43.1 Å². The number of hydrogen-bond donors (Lipinski definition) is 0. The molecule has 0 fully saturated rings. The standard InChI is InChI=1S/C44H82NO2/c1-6-8-10-12-14-16-18-20-22-24-26-28-30-32-34-36-39-43(47-44(46)41-38-42-45(3,4)5)40-37-35-33-31-29-27-25-23-21-19-17-15-13-11-9-7-2/h14-17,20-23,43H,6-13,18-19,24-42H2,1-5H3/q+1/b16-14+,17-15+,22-20+,23-21+. The zero-order valence-electron chi connectivity index (χ0n) is 32.5. The molecular formula is C44H82NO2+. The first-order valence-corrected chi connectivity index (χ1v) is 20.5. The summed E-state index contributed by atoms with van der Waals surface area (Å²) in [6.45, 7) is 5.54. The highest BCUT2D eigenvalue weighted by Gasteiger charge is 2.16. The Hall–Kier alpha value is -1.61. The normalized spacial score (nSPS) is 12.6. The third kappa shape index (κ3) is 38.7. The highest BCUT2D eigenvalue weighted by atomic mass is 16.5. The number of rotatable bonds is 35. The van der Waals surface area contributed by atoms with E-state index >= 15 is 0 Å². The first-order valence-electron chi connectivity index (χ1n) is 20.5. The number of ether oxygens (including phenoxy) is 1. The molecular weight excluding hydrogens is 574 g/mol. The summed E-state index contributed by atoms with van der Waals surface area (Å²) < 4.78 is 6.94. The maximum Gasteiger partial charge on any atom is 0.306 e. The van der Waals surface area contributed by atoms with Crippen molar-refractivity contribution in [1.82, 2.24) is 0 Å². The molecule has 0 heterocycles. The van der Waals surface area contributed by atoms with Crippen molar-refractivity contribution in [3.8, 4) is 0 Å². The monoisotopic (exact) mass is 657 g/mol. The Balaban J connectivity index is 4.09. The molecule has 0 aliphatic carbocycles. The van der Waals surface area contributed by atoms with Crippen LogP contribution in [0.4, 0.5) is 0 Å². The number of allylic oxidation sites excluding steroid dienone is 8. The van der Waals surface area contributed by atoms with E-state index in [1.165, 1.54) is 141 Å². The molecule has 0 aromatic heterocycles. The number of unbranched alkanes of at least 4 members (excludes halogenated alkanes) is 18. The molecule has 47 heavy (non-hydrogen) atoms. The van der Waals surface area contributed by atoms with Crippen molar-refractivity contribution in [1.29, 1.82) is 0 Å². The van der Waals surface area contributed by atoms with Crippen molar-refractivity contribution in [3.05, 3.63) is 48.6 Å². The summed E-state index contributed by atoms with van der Waals surface area (Å²) in [5.41, 5.74) is 0. The molecule has 3 nitrogen and oxygen atoms in total. The van der Waals surface area contributed by atoms with Gasteiger partial charge in [0.05, 0.1) is 34.1 Å². The smallest absolute Gasteiger partial charge is 0.306 e. The quantitative estimate of drug-likeness (QED) is 0.0294. The highest BCUT2D eigenvalue weighted by Crippen LogP contribution is 2.18. The van der Waals surface area contributed by atoms with Crippen LogP contribution in [0, 0.1) is 0 Å². The second kappa shape index (κ2) is 35.7. The molecule has 0 atom stereocenters. The van der Waals surface area contributed by atoms with Crippen LogP contribution in [-0.2, 0) is 9.53 Å². The third-order valence-corrected chi connectivity index (χ3v) is 8.96. The number of esters is 1. The lowest BCUT2D eigenvalue weighted by molar-refractivity contribution is -0.870. The van der Waals surface area contributed by atoms with E-state index in [-0.39, 0.29) is 12.1 Å². The zero-order chi connectivity index (χ0) is 34.5. The molecule has 0 aliphatic heterocycles. The summed E-state index contributed by atoms with van der Waals surface area (Å²) >= 11 is 0. The second-order valence-corrected chi connectivity index (χ2v) is 15.0. The summed E-state index contributed by atoms with van der Waals surface area (Å²) in [5.74, 6) is 0.0172. The number of hydrogen-bond acceptors (Lipinski definition) is 2. The van der Waals surface area contributed by atoms with Crippen LogP contribution >= 0.6 is 0 Å². The van der Waals surface area contributed by atoms with Crippen LogP contribution in [0.25, 0.3) is 0 Å². The van der Waals surface area contributed by atoms with E-state index in [4.69, 9.17) is 4.74 Å². The van der Waals surface area contributed by atoms with Gasteiger partial charge in [0.1, 0.15) is 6.10 Å². The summed E-state index contributed by atoms with van der Waals surface area (Å²) in [6, 6.07) is 0. The molecule has 0 unspecified atom stereocenters. The number of nitrogens with zero attached hydrogens (tertiary/aromatic N) is 1. The van der Waals surface area contributed by atoms with Crippen LogP contribution in [0.1, 0.15) is 194 Å². The van der Waals surface area contributed by atoms with Gasteiger partial charge in [0, 0.05) is 6.42 Å². The fourth-order valence-corrected chi connectivity index (χ4v) is 5.93. The summed E-state index contributed by atoms with van der Waals surface area (Å²) in [4.78, 5) is 12.6. The van der Waals surface area contributed by atoms with Gasteiger partial charge >= 0.3 is 5.97 Å². The largest absolute Gasteiger partial charge is 0.462 e. The number of quaternary nitrogens is 1. The predicted molar refractivity (Wildman–Crippen MR) is 210 cm³/mol. The van der Waals surface area contributed by atoms with Crippen molar-refractivity contribution in [2.24, 2.45) is 0 Å². The lowest BCUT2D eigenvalue weighted by atomic mass is 10.0. The van der Waals surface area contributed by atoms with Crippen LogP contribution in [0.2, 0.25) is 0 Å². The lowest BCUT2D eigenvalue weighted by Gasteiger charge is -2.24. The Labute approximate surface area is 295 Å². The van der Waals surface area contributed by atoms with Gasteiger partial charge in [-0.25, -0.2) is 0 Å². The van der Waals surface area contributed by atoms with Crippen LogP contribution < -0.4 is 0 Å². The molecule has 0 aromatic carbocycles. The molecule has 0 radical (unpaired) electrons. The molecule has 0 aromatic rings. The van der Waals surface area contributed by atoms with Gasteiger partial charge in [-0.2, -0.15) is 0 Å². The van der Waals surface area contributed by atoms with E-state index < -0.39 is 0 Å². The maximum atomic E-state index is 12.6. The fourth-order valence-electron chi connectivity index (χ4n) is 5.93.